The van der Waals surface area contributed by atoms with Gasteiger partial charge in [-0.3, -0.25) is 18.7 Å². The summed E-state index contributed by atoms with van der Waals surface area (Å²) in [4.78, 5) is 25.0. The maximum absolute atomic E-state index is 13.4. The molecular formula is C38H42N4O16S5. The van der Waals surface area contributed by atoms with Gasteiger partial charge in [0.25, 0.3) is 32.1 Å². The van der Waals surface area contributed by atoms with Gasteiger partial charge in [0.05, 0.1) is 50.4 Å². The Labute approximate surface area is 368 Å². The second kappa shape index (κ2) is 19.6. The van der Waals surface area contributed by atoms with Gasteiger partial charge in [-0.1, -0.05) is 12.1 Å². The second-order valence-electron chi connectivity index (χ2n) is 13.8. The number of ether oxygens (including phenoxy) is 4. The number of benzene rings is 4. The molecule has 0 aromatic heterocycles. The lowest BCUT2D eigenvalue weighted by atomic mass is 10.2. The summed E-state index contributed by atoms with van der Waals surface area (Å²) in [6.45, 7) is 1.15. The van der Waals surface area contributed by atoms with E-state index in [4.69, 9.17) is 18.9 Å². The fraction of sp³-hybridized carbons (Fsp3) is 0.316. The number of thioether (sulfide) groups is 1. The zero-order chi connectivity index (χ0) is 45.7. The first kappa shape index (κ1) is 47.8. The highest BCUT2D eigenvalue weighted by Crippen LogP contribution is 2.33. The number of anilines is 2. The van der Waals surface area contributed by atoms with E-state index < -0.39 is 61.9 Å². The molecule has 20 nitrogen and oxygen atoms in total. The molecule has 0 spiro atoms. The highest BCUT2D eigenvalue weighted by molar-refractivity contribution is 7.97. The number of carbonyl (C=O) groups excluding carboxylic acids is 2. The molecule has 0 saturated carbocycles. The van der Waals surface area contributed by atoms with E-state index in [2.05, 4.69) is 10.6 Å². The average molecular weight is 971 g/mol. The lowest BCUT2D eigenvalue weighted by Gasteiger charge is -2.26. The highest BCUT2D eigenvalue weighted by atomic mass is 32.2. The molecule has 0 radical (unpaired) electrons. The molecule has 2 saturated heterocycles. The molecule has 0 unspecified atom stereocenters. The Bertz CT molecular complexity index is 2650. The predicted molar refractivity (Wildman–Crippen MR) is 229 cm³/mol. The zero-order valence-corrected chi connectivity index (χ0v) is 37.6. The smallest absolute Gasteiger partial charge is 0.294 e. The van der Waals surface area contributed by atoms with Crippen molar-refractivity contribution in [3.05, 3.63) is 95.1 Å². The summed E-state index contributed by atoms with van der Waals surface area (Å²) in [5, 5.41) is 5.01. The summed E-state index contributed by atoms with van der Waals surface area (Å²) in [7, 11) is -15.4. The Morgan fingerprint density at radius 2 is 0.937 bits per heavy atom. The zero-order valence-electron chi connectivity index (χ0n) is 33.5. The number of rotatable bonds is 16. The van der Waals surface area contributed by atoms with E-state index in [0.717, 1.165) is 36.0 Å². The summed E-state index contributed by atoms with van der Waals surface area (Å²) < 4.78 is 147. The average Bonchev–Trinajstić information content (AvgIpc) is 3.26. The molecule has 0 bridgehead atoms. The van der Waals surface area contributed by atoms with Crippen LogP contribution in [0, 0.1) is 0 Å². The molecule has 4 aromatic carbocycles. The Balaban J connectivity index is 1.16. The van der Waals surface area contributed by atoms with Gasteiger partial charge in [-0.05, 0) is 71.8 Å². The van der Waals surface area contributed by atoms with Gasteiger partial charge in [0.2, 0.25) is 20.0 Å². The minimum Gasteiger partial charge on any atom is -0.495 e. The van der Waals surface area contributed by atoms with Crippen LogP contribution >= 0.6 is 11.8 Å². The first-order valence-corrected chi connectivity index (χ1v) is 25.6. The quantitative estimate of drug-likeness (QED) is 0.117. The van der Waals surface area contributed by atoms with Gasteiger partial charge in [0.1, 0.15) is 21.3 Å². The number of nitrogens with zero attached hydrogens (tertiary/aromatic N) is 2. The van der Waals surface area contributed by atoms with Crippen molar-refractivity contribution < 1.29 is 71.3 Å². The molecule has 2 heterocycles. The summed E-state index contributed by atoms with van der Waals surface area (Å²) >= 11 is 1.00. The van der Waals surface area contributed by atoms with E-state index in [0.29, 0.717) is 0 Å². The van der Waals surface area contributed by atoms with E-state index in [1.54, 1.807) is 0 Å². The molecule has 340 valence electrons. The fourth-order valence-corrected chi connectivity index (χ4v) is 12.5. The number of nitrogens with one attached hydrogen (secondary N) is 2. The van der Waals surface area contributed by atoms with Crippen LogP contribution in [-0.2, 0) is 61.3 Å². The number of carbonyl (C=O) groups is 2. The predicted octanol–water partition coefficient (Wildman–Crippen LogP) is 3.18. The van der Waals surface area contributed by atoms with Crippen molar-refractivity contribution in [1.82, 2.24) is 8.61 Å². The van der Waals surface area contributed by atoms with E-state index in [-0.39, 0.29) is 119 Å². The first-order chi connectivity index (χ1) is 29.7. The van der Waals surface area contributed by atoms with E-state index in [9.17, 15) is 52.4 Å². The minimum absolute atomic E-state index is 0.000238. The van der Waals surface area contributed by atoms with Crippen LogP contribution in [0.4, 0.5) is 11.4 Å². The monoisotopic (exact) mass is 970 g/mol. The van der Waals surface area contributed by atoms with Crippen LogP contribution < -0.4 is 20.1 Å². The van der Waals surface area contributed by atoms with Gasteiger partial charge in [0.15, 0.2) is 0 Å². The van der Waals surface area contributed by atoms with Crippen molar-refractivity contribution in [3.8, 4) is 11.5 Å². The van der Waals surface area contributed by atoms with Gasteiger partial charge >= 0.3 is 0 Å². The summed E-state index contributed by atoms with van der Waals surface area (Å²) in [5.74, 6) is -1.85. The van der Waals surface area contributed by atoms with Crippen LogP contribution in [0.2, 0.25) is 0 Å². The summed E-state index contributed by atoms with van der Waals surface area (Å²) in [5.41, 5.74) is -0.191. The topological polar surface area (TPSA) is 279 Å². The van der Waals surface area contributed by atoms with Crippen LogP contribution in [0.15, 0.2) is 92.4 Å². The van der Waals surface area contributed by atoms with Crippen LogP contribution in [-0.4, -0.2) is 130 Å². The third-order valence-corrected chi connectivity index (χ3v) is 16.5. The molecular weight excluding hydrogens is 929 g/mol. The third-order valence-electron chi connectivity index (χ3n) is 9.75. The maximum atomic E-state index is 13.4. The highest BCUT2D eigenvalue weighted by Gasteiger charge is 2.32. The normalized spacial score (nSPS) is 15.7. The Hall–Kier alpha value is -4.67. The number of hydrogen-bond acceptors (Lipinski definition) is 15. The minimum atomic E-state index is -4.89. The molecule has 4 aromatic rings. The standard InChI is InChI=1S/C38H42N4O16S5/c1-55-31-9-5-25(19-35(31)60(45,46)41-11-15-57-16-12-41)37(43)39-29-7-3-27(33(21-29)62(49,50)51)23-59-24-28-4-8-30(22-34(28)63(52,53)54)40-38(44)26-6-10-32(56-2)36(20-26)61(47,48)42-13-17-58-18-14-42/h3-10,19-22H,11-18,23-24H2,1-2H3,(H,39,43)(H,40,44)(H,49,50,51)(H,52,53,54). The van der Waals surface area contributed by atoms with E-state index in [1.165, 1.54) is 71.4 Å². The molecule has 63 heavy (non-hydrogen) atoms. The van der Waals surface area contributed by atoms with Crippen molar-refractivity contribution in [2.45, 2.75) is 31.1 Å². The molecule has 0 aliphatic carbocycles. The number of amides is 2. The summed E-state index contributed by atoms with van der Waals surface area (Å²) in [6, 6.07) is 14.9. The van der Waals surface area contributed by atoms with Crippen molar-refractivity contribution in [2.75, 3.05) is 77.5 Å². The molecule has 6 rings (SSSR count). The fourth-order valence-electron chi connectivity index (χ4n) is 6.55. The molecule has 25 heteroatoms. The van der Waals surface area contributed by atoms with Gasteiger partial charge in [-0.2, -0.15) is 37.2 Å². The Morgan fingerprint density at radius 1 is 0.571 bits per heavy atom. The maximum Gasteiger partial charge on any atom is 0.294 e. The molecule has 2 fully saturated rings. The van der Waals surface area contributed by atoms with Crippen LogP contribution in [0.1, 0.15) is 31.8 Å². The van der Waals surface area contributed by atoms with Gasteiger partial charge < -0.3 is 29.6 Å². The number of sulfonamides is 2. The van der Waals surface area contributed by atoms with Crippen LogP contribution in [0.3, 0.4) is 0 Å². The van der Waals surface area contributed by atoms with Gasteiger partial charge in [0, 0.05) is 60.2 Å². The molecule has 2 aliphatic heterocycles. The largest absolute Gasteiger partial charge is 0.495 e. The molecule has 2 aliphatic rings. The number of morpholine rings is 2. The van der Waals surface area contributed by atoms with Gasteiger partial charge in [-0.15, -0.1) is 0 Å². The van der Waals surface area contributed by atoms with Crippen molar-refractivity contribution >= 4 is 75.2 Å². The molecule has 0 atom stereocenters. The van der Waals surface area contributed by atoms with Crippen molar-refractivity contribution in [3.63, 3.8) is 0 Å². The number of hydrogen-bond donors (Lipinski definition) is 4. The Morgan fingerprint density at radius 3 is 1.27 bits per heavy atom. The summed E-state index contributed by atoms with van der Waals surface area (Å²) in [6.07, 6.45) is 0. The molecule has 4 N–H and O–H groups in total. The van der Waals surface area contributed by atoms with Crippen molar-refractivity contribution in [1.29, 1.82) is 0 Å². The molecule has 2 amide bonds. The lowest BCUT2D eigenvalue weighted by molar-refractivity contribution is 0.0729. The van der Waals surface area contributed by atoms with E-state index >= 15 is 0 Å². The van der Waals surface area contributed by atoms with Crippen LogP contribution in [0.5, 0.6) is 11.5 Å². The van der Waals surface area contributed by atoms with Gasteiger partial charge in [-0.25, -0.2) is 16.8 Å². The van der Waals surface area contributed by atoms with Crippen LogP contribution in [0.25, 0.3) is 0 Å². The SMILES string of the molecule is COc1ccc(C(=O)Nc2ccc(CSCc3ccc(NC(=O)c4ccc(OC)c(S(=O)(=O)N5CCOCC5)c4)cc3S(=O)(=O)O)c(S(=O)(=O)O)c2)cc1S(=O)(=O)N1CCOCC1. The number of methoxy groups -OCH3 is 2. The van der Waals surface area contributed by atoms with E-state index in [1.807, 2.05) is 0 Å². The Kier molecular flexibility index (Phi) is 14.9. The second-order valence-corrected chi connectivity index (χ2v) is 21.3. The van der Waals surface area contributed by atoms with Crippen molar-refractivity contribution in [2.24, 2.45) is 0 Å². The first-order valence-electron chi connectivity index (χ1n) is 18.7. The lowest BCUT2D eigenvalue weighted by Crippen LogP contribution is -2.40. The third kappa shape index (κ3) is 11.2.